The van der Waals surface area contributed by atoms with Crippen molar-refractivity contribution in [3.8, 4) is 11.6 Å². The number of pyridine rings is 1. The van der Waals surface area contributed by atoms with Crippen LogP contribution in [0.3, 0.4) is 0 Å². The van der Waals surface area contributed by atoms with Crippen LogP contribution >= 0.6 is 23.2 Å². The molecular formula is C14H14Cl2N2O. The molecule has 0 radical (unpaired) electrons. The Bertz CT molecular complexity index is 588. The van der Waals surface area contributed by atoms with E-state index in [1.807, 2.05) is 26.1 Å². The summed E-state index contributed by atoms with van der Waals surface area (Å²) in [5, 5.41) is 4.17. The van der Waals surface area contributed by atoms with E-state index in [1.54, 1.807) is 18.2 Å². The van der Waals surface area contributed by atoms with Crippen molar-refractivity contribution in [2.24, 2.45) is 0 Å². The van der Waals surface area contributed by atoms with Crippen LogP contribution in [0.4, 0.5) is 0 Å². The summed E-state index contributed by atoms with van der Waals surface area (Å²) < 4.78 is 5.70. The summed E-state index contributed by atoms with van der Waals surface area (Å²) in [6, 6.07) is 9.09. The number of hydrogen-bond donors (Lipinski definition) is 1. The Hall–Kier alpha value is -1.29. The molecule has 0 saturated heterocycles. The number of halogens is 2. The first kappa shape index (κ1) is 14.1. The summed E-state index contributed by atoms with van der Waals surface area (Å²) in [6.07, 6.45) is 0. The Morgan fingerprint density at radius 1 is 1.16 bits per heavy atom. The number of aryl methyl sites for hydroxylation is 1. The van der Waals surface area contributed by atoms with Gasteiger partial charge in [0.2, 0.25) is 5.88 Å². The van der Waals surface area contributed by atoms with Crippen LogP contribution in [0, 0.1) is 6.92 Å². The monoisotopic (exact) mass is 296 g/mol. The van der Waals surface area contributed by atoms with Crippen LogP contribution in [0.5, 0.6) is 11.6 Å². The van der Waals surface area contributed by atoms with E-state index in [9.17, 15) is 0 Å². The second-order valence-corrected chi connectivity index (χ2v) is 4.96. The third-order valence-electron chi connectivity index (χ3n) is 2.54. The number of aromatic nitrogens is 1. The molecule has 0 aliphatic carbocycles. The molecule has 2 aromatic rings. The van der Waals surface area contributed by atoms with Gasteiger partial charge in [-0.1, -0.05) is 29.3 Å². The van der Waals surface area contributed by atoms with Crippen molar-refractivity contribution in [1.29, 1.82) is 0 Å². The van der Waals surface area contributed by atoms with E-state index in [4.69, 9.17) is 27.9 Å². The lowest BCUT2D eigenvalue weighted by atomic mass is 10.2. The molecule has 0 fully saturated rings. The quantitative estimate of drug-likeness (QED) is 0.918. The lowest BCUT2D eigenvalue weighted by molar-refractivity contribution is 0.460. The average Bonchev–Trinajstić information content (AvgIpc) is 2.38. The predicted molar refractivity (Wildman–Crippen MR) is 78.3 cm³/mol. The van der Waals surface area contributed by atoms with Gasteiger partial charge >= 0.3 is 0 Å². The zero-order valence-corrected chi connectivity index (χ0v) is 12.2. The van der Waals surface area contributed by atoms with Crippen molar-refractivity contribution in [1.82, 2.24) is 10.3 Å². The highest BCUT2D eigenvalue weighted by Gasteiger charge is 2.07. The van der Waals surface area contributed by atoms with Crippen LogP contribution in [0.1, 0.15) is 11.3 Å². The standard InChI is InChI=1S/C14H14Cl2N2O/c1-9-3-4-11(16)13(7-9)19-14-6-5-10(15)12(18-14)8-17-2/h3-7,17H,8H2,1-2H3. The molecule has 0 amide bonds. The number of nitrogens with one attached hydrogen (secondary N) is 1. The second kappa shape index (κ2) is 6.24. The molecule has 1 aromatic heterocycles. The lowest BCUT2D eigenvalue weighted by Crippen LogP contribution is -2.07. The van der Waals surface area contributed by atoms with Crippen molar-refractivity contribution < 1.29 is 4.74 Å². The minimum Gasteiger partial charge on any atom is -0.437 e. The summed E-state index contributed by atoms with van der Waals surface area (Å²) in [6.45, 7) is 2.56. The normalized spacial score (nSPS) is 10.5. The molecule has 1 N–H and O–H groups in total. The third kappa shape index (κ3) is 3.60. The number of rotatable bonds is 4. The molecule has 3 nitrogen and oxygen atoms in total. The van der Waals surface area contributed by atoms with Gasteiger partial charge in [-0.05, 0) is 37.7 Å². The summed E-state index contributed by atoms with van der Waals surface area (Å²) >= 11 is 12.1. The highest BCUT2D eigenvalue weighted by Crippen LogP contribution is 2.30. The first-order valence-electron chi connectivity index (χ1n) is 5.84. The van der Waals surface area contributed by atoms with E-state index < -0.39 is 0 Å². The molecule has 100 valence electrons. The van der Waals surface area contributed by atoms with Gasteiger partial charge in [0, 0.05) is 12.6 Å². The molecule has 0 aliphatic rings. The first-order valence-corrected chi connectivity index (χ1v) is 6.60. The minimum atomic E-state index is 0.474. The maximum Gasteiger partial charge on any atom is 0.219 e. The van der Waals surface area contributed by atoms with Gasteiger partial charge in [-0.15, -0.1) is 0 Å². The smallest absolute Gasteiger partial charge is 0.219 e. The molecule has 0 saturated carbocycles. The Labute approximate surface area is 122 Å². The van der Waals surface area contributed by atoms with Crippen molar-refractivity contribution >= 4 is 23.2 Å². The zero-order chi connectivity index (χ0) is 13.8. The molecule has 0 aliphatic heterocycles. The molecule has 0 atom stereocenters. The maximum absolute atomic E-state index is 6.09. The molecule has 19 heavy (non-hydrogen) atoms. The molecule has 1 heterocycles. The average molecular weight is 297 g/mol. The van der Waals surface area contributed by atoms with Crippen molar-refractivity contribution in [2.75, 3.05) is 7.05 Å². The molecule has 2 rings (SSSR count). The van der Waals surface area contributed by atoms with E-state index in [0.29, 0.717) is 28.2 Å². The number of nitrogens with zero attached hydrogens (tertiary/aromatic N) is 1. The number of benzene rings is 1. The van der Waals surface area contributed by atoms with Crippen molar-refractivity contribution in [3.05, 3.63) is 51.6 Å². The number of ether oxygens (including phenoxy) is 1. The lowest BCUT2D eigenvalue weighted by Gasteiger charge is -2.09. The zero-order valence-electron chi connectivity index (χ0n) is 10.7. The highest BCUT2D eigenvalue weighted by atomic mass is 35.5. The van der Waals surface area contributed by atoms with E-state index in [1.165, 1.54) is 0 Å². The third-order valence-corrected chi connectivity index (χ3v) is 3.19. The van der Waals surface area contributed by atoms with Gasteiger partial charge in [0.25, 0.3) is 0 Å². The van der Waals surface area contributed by atoms with Crippen LogP contribution in [-0.2, 0) is 6.54 Å². The Morgan fingerprint density at radius 2 is 1.89 bits per heavy atom. The molecule has 1 aromatic carbocycles. The van der Waals surface area contributed by atoms with Crippen LogP contribution in [0.15, 0.2) is 30.3 Å². The van der Waals surface area contributed by atoms with Crippen LogP contribution in [-0.4, -0.2) is 12.0 Å². The molecule has 5 heteroatoms. The van der Waals surface area contributed by atoms with Crippen LogP contribution in [0.25, 0.3) is 0 Å². The maximum atomic E-state index is 6.09. The van der Waals surface area contributed by atoms with Crippen molar-refractivity contribution in [3.63, 3.8) is 0 Å². The second-order valence-electron chi connectivity index (χ2n) is 4.14. The Balaban J connectivity index is 2.28. The fraction of sp³-hybridized carbons (Fsp3) is 0.214. The highest BCUT2D eigenvalue weighted by molar-refractivity contribution is 6.32. The van der Waals surface area contributed by atoms with Gasteiger partial charge < -0.3 is 10.1 Å². The number of hydrogen-bond acceptors (Lipinski definition) is 3. The molecular weight excluding hydrogens is 283 g/mol. The SMILES string of the molecule is CNCc1nc(Oc2cc(C)ccc2Cl)ccc1Cl. The first-order chi connectivity index (χ1) is 9.10. The van der Waals surface area contributed by atoms with Gasteiger partial charge in [-0.2, -0.15) is 0 Å². The van der Waals surface area contributed by atoms with Gasteiger partial charge in [0.1, 0.15) is 5.75 Å². The topological polar surface area (TPSA) is 34.2 Å². The fourth-order valence-corrected chi connectivity index (χ4v) is 1.94. The summed E-state index contributed by atoms with van der Waals surface area (Å²) in [4.78, 5) is 4.35. The van der Waals surface area contributed by atoms with Gasteiger partial charge in [0.15, 0.2) is 0 Å². The van der Waals surface area contributed by atoms with E-state index in [2.05, 4.69) is 10.3 Å². The van der Waals surface area contributed by atoms with E-state index in [0.717, 1.165) is 11.3 Å². The summed E-state index contributed by atoms with van der Waals surface area (Å²) in [7, 11) is 1.84. The Morgan fingerprint density at radius 3 is 2.63 bits per heavy atom. The minimum absolute atomic E-state index is 0.474. The fourth-order valence-electron chi connectivity index (χ4n) is 1.61. The molecule has 0 bridgehead atoms. The summed E-state index contributed by atoms with van der Waals surface area (Å²) in [5.74, 6) is 1.06. The molecule has 0 unspecified atom stereocenters. The van der Waals surface area contributed by atoms with Crippen LogP contribution in [0.2, 0.25) is 10.0 Å². The largest absolute Gasteiger partial charge is 0.437 e. The molecule has 0 spiro atoms. The summed E-state index contributed by atoms with van der Waals surface area (Å²) in [5.41, 5.74) is 1.81. The predicted octanol–water partition coefficient (Wildman–Crippen LogP) is 4.21. The Kier molecular flexibility index (Phi) is 4.64. The van der Waals surface area contributed by atoms with Gasteiger partial charge in [0.05, 0.1) is 15.7 Å². The van der Waals surface area contributed by atoms with Crippen LogP contribution < -0.4 is 10.1 Å². The van der Waals surface area contributed by atoms with E-state index >= 15 is 0 Å². The van der Waals surface area contributed by atoms with Gasteiger partial charge in [-0.3, -0.25) is 0 Å². The van der Waals surface area contributed by atoms with Gasteiger partial charge in [-0.25, -0.2) is 4.98 Å². The van der Waals surface area contributed by atoms with Crippen molar-refractivity contribution in [2.45, 2.75) is 13.5 Å². The van der Waals surface area contributed by atoms with E-state index in [-0.39, 0.29) is 0 Å².